The SMILES string of the molecule is O=P(O)(O)c1ccccc1.OP(O)O.[Zr]. The monoisotopic (exact) mass is 330 g/mol. The minimum absolute atomic E-state index is 0. The summed E-state index contributed by atoms with van der Waals surface area (Å²) in [5, 5.41) is 0.0648. The first-order valence-corrected chi connectivity index (χ1v) is 6.13. The van der Waals surface area contributed by atoms with Crippen LogP contribution in [0.2, 0.25) is 0 Å². The standard InChI is InChI=1S/C6H7O3P.H3O3P.Zr/c7-10(8,9)6-4-2-1-3-5-6;1-4(2)3;/h1-5H,(H2,7,8,9);1-3H;. The van der Waals surface area contributed by atoms with Gasteiger partial charge in [-0.3, -0.25) is 4.57 Å². The van der Waals surface area contributed by atoms with Crippen LogP contribution in [0.15, 0.2) is 30.3 Å². The molecule has 0 fully saturated rings. The summed E-state index contributed by atoms with van der Waals surface area (Å²) in [6.45, 7) is 0. The maximum atomic E-state index is 10.5. The zero-order valence-electron chi connectivity index (χ0n) is 7.43. The summed E-state index contributed by atoms with van der Waals surface area (Å²) < 4.78 is 10.5. The van der Waals surface area contributed by atoms with Gasteiger partial charge in [0.05, 0.1) is 5.30 Å². The van der Waals surface area contributed by atoms with Gasteiger partial charge in [0, 0.05) is 26.2 Å². The van der Waals surface area contributed by atoms with Crippen LogP contribution in [0, 0.1) is 0 Å². The zero-order valence-corrected chi connectivity index (χ0v) is 11.7. The smallest absolute Gasteiger partial charge is 0.328 e. The van der Waals surface area contributed by atoms with Crippen molar-refractivity contribution in [2.45, 2.75) is 0 Å². The van der Waals surface area contributed by atoms with E-state index in [0.29, 0.717) is 0 Å². The zero-order chi connectivity index (χ0) is 11.2. The molecule has 0 aliphatic carbocycles. The van der Waals surface area contributed by atoms with Crippen LogP contribution in [0.5, 0.6) is 0 Å². The van der Waals surface area contributed by atoms with E-state index in [1.807, 2.05) is 0 Å². The van der Waals surface area contributed by atoms with Crippen LogP contribution in [0.3, 0.4) is 0 Å². The second kappa shape index (κ2) is 8.69. The minimum Gasteiger partial charge on any atom is -0.328 e. The van der Waals surface area contributed by atoms with Crippen molar-refractivity contribution in [2.24, 2.45) is 0 Å². The summed E-state index contributed by atoms with van der Waals surface area (Å²) in [5.41, 5.74) is 0. The maximum absolute atomic E-state index is 10.5. The number of hydrogen-bond donors (Lipinski definition) is 5. The number of rotatable bonds is 1. The van der Waals surface area contributed by atoms with E-state index in [0.717, 1.165) is 0 Å². The van der Waals surface area contributed by atoms with Gasteiger partial charge in [-0.15, -0.1) is 0 Å². The van der Waals surface area contributed by atoms with Gasteiger partial charge in [-0.1, -0.05) is 18.2 Å². The van der Waals surface area contributed by atoms with Crippen LogP contribution >= 0.6 is 16.2 Å². The summed E-state index contributed by atoms with van der Waals surface area (Å²) in [5.74, 6) is 0. The second-order valence-electron chi connectivity index (χ2n) is 2.15. The van der Waals surface area contributed by atoms with E-state index in [4.69, 9.17) is 24.5 Å². The summed E-state index contributed by atoms with van der Waals surface area (Å²) in [6, 6.07) is 7.70. The van der Waals surface area contributed by atoms with Crippen molar-refractivity contribution in [1.29, 1.82) is 0 Å². The van der Waals surface area contributed by atoms with Crippen molar-refractivity contribution in [3.8, 4) is 0 Å². The molecule has 15 heavy (non-hydrogen) atoms. The first kappa shape index (κ1) is 17.9. The van der Waals surface area contributed by atoms with E-state index >= 15 is 0 Å². The van der Waals surface area contributed by atoms with Gasteiger partial charge in [0.1, 0.15) is 0 Å². The van der Waals surface area contributed by atoms with Crippen molar-refractivity contribution >= 4 is 21.5 Å². The molecular weight excluding hydrogens is 321 g/mol. The molecule has 0 saturated heterocycles. The molecule has 0 heterocycles. The molecule has 0 aliphatic heterocycles. The largest absolute Gasteiger partial charge is 0.356 e. The van der Waals surface area contributed by atoms with Gasteiger partial charge >= 0.3 is 16.2 Å². The van der Waals surface area contributed by atoms with Crippen molar-refractivity contribution in [1.82, 2.24) is 0 Å². The fourth-order valence-electron chi connectivity index (χ4n) is 0.622. The summed E-state index contributed by atoms with van der Waals surface area (Å²) in [4.78, 5) is 38.9. The predicted octanol–water partition coefficient (Wildman–Crippen LogP) is -0.323. The Morgan fingerprint density at radius 2 is 1.33 bits per heavy atom. The van der Waals surface area contributed by atoms with Gasteiger partial charge < -0.3 is 24.5 Å². The molecular formula is C6H10O6P2Zr. The Kier molecular flexibility index (Phi) is 10.4. The Morgan fingerprint density at radius 3 is 1.53 bits per heavy atom. The van der Waals surface area contributed by atoms with E-state index in [2.05, 4.69) is 0 Å². The summed E-state index contributed by atoms with van der Waals surface area (Å²) >= 11 is 0. The van der Waals surface area contributed by atoms with Crippen molar-refractivity contribution in [3.63, 3.8) is 0 Å². The molecule has 1 aromatic rings. The molecule has 5 N–H and O–H groups in total. The molecule has 6 nitrogen and oxygen atoms in total. The van der Waals surface area contributed by atoms with Crippen LogP contribution in [-0.4, -0.2) is 24.5 Å². The Balaban J connectivity index is 0. The third-order valence-electron chi connectivity index (χ3n) is 1.09. The van der Waals surface area contributed by atoms with Gasteiger partial charge in [-0.05, 0) is 12.1 Å². The molecule has 84 valence electrons. The fraction of sp³-hybridized carbons (Fsp3) is 0. The van der Waals surface area contributed by atoms with E-state index < -0.39 is 16.2 Å². The molecule has 0 radical (unpaired) electrons. The van der Waals surface area contributed by atoms with Gasteiger partial charge in [-0.25, -0.2) is 0 Å². The van der Waals surface area contributed by atoms with Crippen LogP contribution < -0.4 is 5.30 Å². The average molecular weight is 331 g/mol. The normalized spacial score (nSPS) is 10.0. The second-order valence-corrected chi connectivity index (χ2v) is 4.29. The molecule has 9 heteroatoms. The van der Waals surface area contributed by atoms with Crippen LogP contribution in [-0.2, 0) is 30.8 Å². The van der Waals surface area contributed by atoms with Gasteiger partial charge in [-0.2, -0.15) is 0 Å². The quantitative estimate of drug-likeness (QED) is 0.450. The molecule has 0 unspecified atom stereocenters. The molecule has 0 atom stereocenters. The van der Waals surface area contributed by atoms with E-state index in [1.165, 1.54) is 12.1 Å². The topological polar surface area (TPSA) is 118 Å². The van der Waals surface area contributed by atoms with Gasteiger partial charge in [0.25, 0.3) is 0 Å². The van der Waals surface area contributed by atoms with Crippen LogP contribution in [0.4, 0.5) is 0 Å². The molecule has 0 aromatic heterocycles. The van der Waals surface area contributed by atoms with Crippen molar-refractivity contribution < 1.29 is 55.2 Å². The molecule has 0 aliphatic rings. The summed E-state index contributed by atoms with van der Waals surface area (Å²) in [6.07, 6.45) is 0. The molecule has 0 saturated carbocycles. The Hall–Kier alpha value is 0.563. The van der Waals surface area contributed by atoms with Crippen molar-refractivity contribution in [2.75, 3.05) is 0 Å². The molecule has 0 spiro atoms. The van der Waals surface area contributed by atoms with Gasteiger partial charge in [0.15, 0.2) is 0 Å². The Labute approximate surface area is 107 Å². The molecule has 0 bridgehead atoms. The number of benzene rings is 1. The van der Waals surface area contributed by atoms with Crippen LogP contribution in [0.25, 0.3) is 0 Å². The molecule has 1 aromatic carbocycles. The first-order chi connectivity index (χ1) is 6.34. The minimum atomic E-state index is -4.02. The molecule has 1 rings (SSSR count). The van der Waals surface area contributed by atoms with Crippen molar-refractivity contribution in [3.05, 3.63) is 30.3 Å². The maximum Gasteiger partial charge on any atom is 0.356 e. The Bertz CT molecular complexity index is 297. The fourth-order valence-corrected chi connectivity index (χ4v) is 1.18. The van der Waals surface area contributed by atoms with E-state index in [1.54, 1.807) is 18.2 Å². The number of hydrogen-bond acceptors (Lipinski definition) is 4. The average Bonchev–Trinajstić information content (AvgIpc) is 2.03. The summed E-state index contributed by atoms with van der Waals surface area (Å²) in [7, 11) is -6.64. The third kappa shape index (κ3) is 10.8. The van der Waals surface area contributed by atoms with Gasteiger partial charge in [0.2, 0.25) is 0 Å². The Morgan fingerprint density at radius 1 is 1.00 bits per heavy atom. The van der Waals surface area contributed by atoms with E-state index in [9.17, 15) is 4.57 Å². The predicted molar refractivity (Wildman–Crippen MR) is 51.7 cm³/mol. The van der Waals surface area contributed by atoms with E-state index in [-0.39, 0.29) is 31.5 Å². The first-order valence-electron chi connectivity index (χ1n) is 3.32. The third-order valence-corrected chi connectivity index (χ3v) is 2.06. The molecule has 0 amide bonds. The van der Waals surface area contributed by atoms with Crippen LogP contribution in [0.1, 0.15) is 0 Å².